The Balaban J connectivity index is 1.52. The van der Waals surface area contributed by atoms with Gasteiger partial charge in [0.15, 0.2) is 0 Å². The molecular weight excluding hydrogens is 350 g/mol. The molecule has 7 heteroatoms. The van der Waals surface area contributed by atoms with Crippen LogP contribution < -0.4 is 5.32 Å². The molecular formula is C19H23N3O3S. The zero-order valence-electron chi connectivity index (χ0n) is 14.8. The second-order valence-corrected chi connectivity index (χ2v) is 7.07. The summed E-state index contributed by atoms with van der Waals surface area (Å²) in [7, 11) is 0. The van der Waals surface area contributed by atoms with Gasteiger partial charge < -0.3 is 15.0 Å². The number of hydrogen-bond acceptors (Lipinski definition) is 5. The number of thiazole rings is 1. The molecule has 0 aliphatic carbocycles. The highest BCUT2D eigenvalue weighted by atomic mass is 32.1. The Morgan fingerprint density at radius 2 is 2.15 bits per heavy atom. The summed E-state index contributed by atoms with van der Waals surface area (Å²) in [4.78, 5) is 30.5. The molecule has 2 heterocycles. The van der Waals surface area contributed by atoms with Crippen LogP contribution in [-0.4, -0.2) is 41.6 Å². The van der Waals surface area contributed by atoms with E-state index in [1.165, 1.54) is 0 Å². The third-order valence-corrected chi connectivity index (χ3v) is 5.27. The van der Waals surface area contributed by atoms with Gasteiger partial charge in [-0.15, -0.1) is 11.3 Å². The molecule has 0 radical (unpaired) electrons. The molecule has 1 aliphatic rings. The van der Waals surface area contributed by atoms with Gasteiger partial charge in [-0.25, -0.2) is 9.78 Å². The second kappa shape index (κ2) is 8.80. The summed E-state index contributed by atoms with van der Waals surface area (Å²) in [5.41, 5.74) is 1.92. The van der Waals surface area contributed by atoms with E-state index in [-0.39, 0.29) is 17.9 Å². The number of ether oxygens (including phenoxy) is 1. The maximum Gasteiger partial charge on any atom is 0.409 e. The fourth-order valence-electron chi connectivity index (χ4n) is 3.00. The molecule has 1 fully saturated rings. The largest absolute Gasteiger partial charge is 0.450 e. The maximum absolute atomic E-state index is 12.5. The third kappa shape index (κ3) is 4.60. The molecule has 0 saturated carbocycles. The summed E-state index contributed by atoms with van der Waals surface area (Å²) >= 11 is 1.57. The normalized spacial score (nSPS) is 17.0. The zero-order chi connectivity index (χ0) is 18.4. The Hall–Kier alpha value is -2.41. The number of likely N-dealkylation sites (tertiary alicyclic amines) is 1. The Kier molecular flexibility index (Phi) is 6.22. The number of aromatic nitrogens is 1. The number of carbonyl (C=O) groups is 2. The average Bonchev–Trinajstić information content (AvgIpc) is 3.16. The van der Waals surface area contributed by atoms with Gasteiger partial charge in [0.05, 0.1) is 24.8 Å². The van der Waals surface area contributed by atoms with Crippen molar-refractivity contribution in [2.75, 3.05) is 19.7 Å². The highest BCUT2D eigenvalue weighted by molar-refractivity contribution is 7.13. The van der Waals surface area contributed by atoms with E-state index >= 15 is 0 Å². The maximum atomic E-state index is 12.5. The van der Waals surface area contributed by atoms with Crippen LogP contribution in [0, 0.1) is 5.92 Å². The van der Waals surface area contributed by atoms with Crippen LogP contribution >= 0.6 is 11.3 Å². The van der Waals surface area contributed by atoms with Crippen LogP contribution in [-0.2, 0) is 16.1 Å². The summed E-state index contributed by atoms with van der Waals surface area (Å²) in [5, 5.41) is 5.86. The Bertz CT molecular complexity index is 747. The Morgan fingerprint density at radius 3 is 2.92 bits per heavy atom. The van der Waals surface area contributed by atoms with Crippen molar-refractivity contribution in [3.8, 4) is 10.6 Å². The number of benzene rings is 1. The predicted molar refractivity (Wildman–Crippen MR) is 101 cm³/mol. The minimum absolute atomic E-state index is 0.0340. The quantitative estimate of drug-likeness (QED) is 0.873. The monoisotopic (exact) mass is 373 g/mol. The van der Waals surface area contributed by atoms with Gasteiger partial charge in [-0.1, -0.05) is 30.3 Å². The molecule has 2 aromatic rings. The summed E-state index contributed by atoms with van der Waals surface area (Å²) in [6, 6.07) is 9.98. The first-order chi connectivity index (χ1) is 12.7. The summed E-state index contributed by atoms with van der Waals surface area (Å²) in [6.45, 7) is 3.59. The number of amides is 2. The van der Waals surface area contributed by atoms with E-state index in [0.29, 0.717) is 26.2 Å². The number of piperidine rings is 1. The molecule has 6 nitrogen and oxygen atoms in total. The van der Waals surface area contributed by atoms with Crippen molar-refractivity contribution in [2.24, 2.45) is 5.92 Å². The van der Waals surface area contributed by atoms with Gasteiger partial charge in [-0.3, -0.25) is 4.79 Å². The van der Waals surface area contributed by atoms with Crippen LogP contribution in [0.15, 0.2) is 35.7 Å². The molecule has 3 rings (SSSR count). The van der Waals surface area contributed by atoms with Crippen molar-refractivity contribution in [3.05, 3.63) is 41.4 Å². The van der Waals surface area contributed by atoms with Crippen LogP contribution in [0.25, 0.3) is 10.6 Å². The minimum atomic E-state index is -0.336. The molecule has 1 aromatic carbocycles. The first-order valence-electron chi connectivity index (χ1n) is 8.86. The first-order valence-corrected chi connectivity index (χ1v) is 9.74. The lowest BCUT2D eigenvalue weighted by Crippen LogP contribution is -2.45. The van der Waals surface area contributed by atoms with E-state index in [2.05, 4.69) is 10.3 Å². The van der Waals surface area contributed by atoms with E-state index in [9.17, 15) is 9.59 Å². The summed E-state index contributed by atoms with van der Waals surface area (Å²) < 4.78 is 5.03. The molecule has 1 atom stereocenters. The number of nitrogens with zero attached hydrogens (tertiary/aromatic N) is 2. The van der Waals surface area contributed by atoms with Gasteiger partial charge in [-0.05, 0) is 19.8 Å². The van der Waals surface area contributed by atoms with Crippen molar-refractivity contribution in [1.82, 2.24) is 15.2 Å². The van der Waals surface area contributed by atoms with Gasteiger partial charge >= 0.3 is 6.09 Å². The van der Waals surface area contributed by atoms with E-state index < -0.39 is 0 Å². The molecule has 1 saturated heterocycles. The SMILES string of the molecule is CCOC(=O)N1CCC[C@H](C(=O)NCc2csc(-c3ccccc3)n2)C1. The van der Waals surface area contributed by atoms with Crippen molar-refractivity contribution in [2.45, 2.75) is 26.3 Å². The predicted octanol–water partition coefficient (Wildman–Crippen LogP) is 3.29. The van der Waals surface area contributed by atoms with Crippen LogP contribution in [0.1, 0.15) is 25.5 Å². The number of rotatable bonds is 5. The van der Waals surface area contributed by atoms with Crippen molar-refractivity contribution >= 4 is 23.3 Å². The highest BCUT2D eigenvalue weighted by Crippen LogP contribution is 2.23. The Morgan fingerprint density at radius 1 is 1.35 bits per heavy atom. The van der Waals surface area contributed by atoms with Crippen molar-refractivity contribution in [3.63, 3.8) is 0 Å². The lowest BCUT2D eigenvalue weighted by Gasteiger charge is -2.31. The van der Waals surface area contributed by atoms with E-state index in [1.54, 1.807) is 23.2 Å². The average molecular weight is 373 g/mol. The lowest BCUT2D eigenvalue weighted by molar-refractivity contribution is -0.126. The summed E-state index contributed by atoms with van der Waals surface area (Å²) in [5.74, 6) is -0.228. The molecule has 138 valence electrons. The number of hydrogen-bond donors (Lipinski definition) is 1. The molecule has 1 aromatic heterocycles. The van der Waals surface area contributed by atoms with Gasteiger partial charge in [0.25, 0.3) is 0 Å². The molecule has 0 unspecified atom stereocenters. The highest BCUT2D eigenvalue weighted by Gasteiger charge is 2.29. The van der Waals surface area contributed by atoms with Gasteiger partial charge in [0.2, 0.25) is 5.91 Å². The lowest BCUT2D eigenvalue weighted by atomic mass is 9.97. The van der Waals surface area contributed by atoms with Crippen LogP contribution in [0.3, 0.4) is 0 Å². The van der Waals surface area contributed by atoms with Crippen molar-refractivity contribution < 1.29 is 14.3 Å². The van der Waals surface area contributed by atoms with Crippen LogP contribution in [0.4, 0.5) is 4.79 Å². The van der Waals surface area contributed by atoms with Gasteiger partial charge in [0, 0.05) is 24.0 Å². The number of carbonyl (C=O) groups excluding carboxylic acids is 2. The fourth-order valence-corrected chi connectivity index (χ4v) is 3.82. The molecule has 26 heavy (non-hydrogen) atoms. The van der Waals surface area contributed by atoms with Gasteiger partial charge in [-0.2, -0.15) is 0 Å². The topological polar surface area (TPSA) is 71.5 Å². The molecule has 0 spiro atoms. The van der Waals surface area contributed by atoms with E-state index in [1.807, 2.05) is 35.7 Å². The first kappa shape index (κ1) is 18.4. The van der Waals surface area contributed by atoms with Crippen LogP contribution in [0.5, 0.6) is 0 Å². The zero-order valence-corrected chi connectivity index (χ0v) is 15.6. The Labute approximate surface area is 157 Å². The minimum Gasteiger partial charge on any atom is -0.450 e. The molecule has 0 bridgehead atoms. The third-order valence-electron chi connectivity index (χ3n) is 4.33. The van der Waals surface area contributed by atoms with Crippen LogP contribution in [0.2, 0.25) is 0 Å². The van der Waals surface area contributed by atoms with Gasteiger partial charge in [0.1, 0.15) is 5.01 Å². The summed E-state index contributed by atoms with van der Waals surface area (Å²) in [6.07, 6.45) is 1.26. The fraction of sp³-hybridized carbons (Fsp3) is 0.421. The second-order valence-electron chi connectivity index (χ2n) is 6.21. The standard InChI is InChI=1S/C19H23N3O3S/c1-2-25-19(24)22-10-6-9-15(12-22)17(23)20-11-16-13-26-18(21-16)14-7-4-3-5-8-14/h3-5,7-8,13,15H,2,6,9-12H2,1H3,(H,20,23)/t15-/m0/s1. The molecule has 1 aliphatic heterocycles. The van der Waals surface area contributed by atoms with Crippen molar-refractivity contribution in [1.29, 1.82) is 0 Å². The number of nitrogens with one attached hydrogen (secondary N) is 1. The van der Waals surface area contributed by atoms with E-state index in [4.69, 9.17) is 4.74 Å². The van der Waals surface area contributed by atoms with E-state index in [0.717, 1.165) is 29.1 Å². The molecule has 1 N–H and O–H groups in total. The molecule has 2 amide bonds. The smallest absolute Gasteiger partial charge is 0.409 e.